The first kappa shape index (κ1) is 8.91. The van der Waals surface area contributed by atoms with Gasteiger partial charge in [0.2, 0.25) is 0 Å². The van der Waals surface area contributed by atoms with Crippen molar-refractivity contribution in [1.29, 1.82) is 0 Å². The molecule has 0 radical (unpaired) electrons. The summed E-state index contributed by atoms with van der Waals surface area (Å²) in [5.41, 5.74) is 0. The summed E-state index contributed by atoms with van der Waals surface area (Å²) in [6.07, 6.45) is 0. The van der Waals surface area contributed by atoms with E-state index in [-0.39, 0.29) is 27.7 Å². The zero-order chi connectivity index (χ0) is 2.71. The van der Waals surface area contributed by atoms with Crippen molar-refractivity contribution >= 4 is 0 Å². The molecule has 21 valence electrons. The van der Waals surface area contributed by atoms with Gasteiger partial charge in [0.1, 0.15) is 0 Å². The Morgan fingerprint density at radius 2 is 1.25 bits per heavy atom. The first-order valence-corrected chi connectivity index (χ1v) is 1.27. The van der Waals surface area contributed by atoms with Crippen LogP contribution in [0.1, 0.15) is 0 Å². The van der Waals surface area contributed by atoms with Crippen molar-refractivity contribution in [3.63, 3.8) is 0 Å². The van der Waals surface area contributed by atoms with Crippen LogP contribution in [0, 0.1) is 0 Å². The van der Waals surface area contributed by atoms with Gasteiger partial charge in [0, 0.05) is 27.7 Å². The topological polar surface area (TPSA) is 34.1 Å². The van der Waals surface area contributed by atoms with Crippen molar-refractivity contribution in [2.24, 2.45) is 0 Å². The van der Waals surface area contributed by atoms with Gasteiger partial charge in [-0.1, -0.05) is 0 Å². The molecule has 4 heteroatoms. The molecule has 0 bridgehead atoms. The number of hydrogen-bond acceptors (Lipinski definition) is 2. The molecule has 0 heterocycles. The molecule has 0 aliphatic heterocycles. The van der Waals surface area contributed by atoms with Gasteiger partial charge in [0.25, 0.3) is 0 Å². The maximum atomic E-state index is 8.41. The van der Waals surface area contributed by atoms with Crippen molar-refractivity contribution in [3.8, 4) is 0 Å². The van der Waals surface area contributed by atoms with Crippen LogP contribution in [0.25, 0.3) is 0 Å². The molecule has 0 N–H and O–H groups in total. The Balaban J connectivity index is 0. The first-order chi connectivity index (χ1) is 1.41. The number of rotatable bonds is 0. The van der Waals surface area contributed by atoms with E-state index >= 15 is 0 Å². The molecule has 0 atom stereocenters. The molecule has 4 heavy (non-hydrogen) atoms. The van der Waals surface area contributed by atoms with Gasteiger partial charge in [-0.25, -0.2) is 0 Å². The summed E-state index contributed by atoms with van der Waals surface area (Å²) in [6, 6.07) is 0. The second-order valence-electron chi connectivity index (χ2n) is 0.0630. The van der Waals surface area contributed by atoms with Gasteiger partial charge in [-0.05, 0) is 0 Å². The Kier molecular flexibility index (Phi) is 20.0. The van der Waals surface area contributed by atoms with Crippen LogP contribution in [0.15, 0.2) is 0 Å². The summed E-state index contributed by atoms with van der Waals surface area (Å²) in [5, 5.41) is 0. The molecule has 0 aliphatic carbocycles. The quantitative estimate of drug-likeness (QED) is 0.576. The summed E-state index contributed by atoms with van der Waals surface area (Å²) >= 11 is -1.44. The average molecular weight is 288 g/mol. The van der Waals surface area contributed by atoms with Gasteiger partial charge in [-0.15, -0.1) is 0 Å². The van der Waals surface area contributed by atoms with Crippen LogP contribution in [-0.2, 0) is 50.2 Å². The molecule has 0 aliphatic rings. The molecule has 2 nitrogen and oxygen atoms in total. The fourth-order valence-corrected chi connectivity index (χ4v) is 0. The predicted molar refractivity (Wildman–Crippen MR) is 1.37 cm³/mol. The Morgan fingerprint density at radius 3 is 1.25 bits per heavy atom. The second kappa shape index (κ2) is 8.96. The predicted octanol–water partition coefficient (Wildman–Crippen LogP) is -0.243. The van der Waals surface area contributed by atoms with Crippen LogP contribution in [0.4, 0.5) is 0 Å². The minimum atomic E-state index is -1.44. The van der Waals surface area contributed by atoms with Crippen LogP contribution in [0.5, 0.6) is 0 Å². The van der Waals surface area contributed by atoms with Gasteiger partial charge in [-0.3, -0.25) is 0 Å². The molecule has 0 rings (SSSR count). The van der Waals surface area contributed by atoms with Crippen LogP contribution in [-0.4, -0.2) is 0 Å². The third-order valence-corrected chi connectivity index (χ3v) is 0. The fourth-order valence-electron chi connectivity index (χ4n) is 0. The van der Waals surface area contributed by atoms with Gasteiger partial charge in [0.05, 0.1) is 0 Å². The van der Waals surface area contributed by atoms with Gasteiger partial charge >= 0.3 is 22.5 Å². The van der Waals surface area contributed by atoms with Gasteiger partial charge < -0.3 is 0 Å². The molecule has 0 saturated carbocycles. The zero-order valence-corrected chi connectivity index (χ0v) is 8.58. The summed E-state index contributed by atoms with van der Waals surface area (Å²) in [7, 11) is 0. The Labute approximate surface area is 50.0 Å². The van der Waals surface area contributed by atoms with E-state index in [0.29, 0.717) is 0 Å². The molecule has 0 amide bonds. The van der Waals surface area contributed by atoms with E-state index < -0.39 is 14.8 Å². The van der Waals surface area contributed by atoms with Crippen molar-refractivity contribution in [1.82, 2.24) is 0 Å². The Bertz CT molecular complexity index is 27.0. The van der Waals surface area contributed by atoms with Crippen molar-refractivity contribution in [2.45, 2.75) is 0 Å². The van der Waals surface area contributed by atoms with Crippen LogP contribution in [0.2, 0.25) is 0 Å². The van der Waals surface area contributed by atoms with Crippen LogP contribution >= 0.6 is 0 Å². The van der Waals surface area contributed by atoms with E-state index in [9.17, 15) is 0 Å². The van der Waals surface area contributed by atoms with E-state index in [0.717, 1.165) is 0 Å². The average Bonchev–Trinajstić information content (AvgIpc) is 0.918. The van der Waals surface area contributed by atoms with Crippen molar-refractivity contribution < 1.29 is 50.2 Å². The van der Waals surface area contributed by atoms with Gasteiger partial charge in [0.15, 0.2) is 0 Å². The minimum absolute atomic E-state index is 0. The van der Waals surface area contributed by atoms with E-state index in [1.807, 2.05) is 0 Å². The molecule has 0 fully saturated rings. The molecule has 0 spiro atoms. The van der Waals surface area contributed by atoms with E-state index in [2.05, 4.69) is 0 Å². The fraction of sp³-hybridized carbons (Fsp3) is 0. The zero-order valence-electron chi connectivity index (χ0n) is 1.90. The monoisotopic (exact) mass is 289 g/mol. The second-order valence-corrected chi connectivity index (χ2v) is 0.260. The Hall–Kier alpha value is 1.05. The summed E-state index contributed by atoms with van der Waals surface area (Å²) in [5.74, 6) is 0. The molecule has 0 aromatic carbocycles. The molecular weight excluding hydrogens is 288 g/mol. The summed E-state index contributed by atoms with van der Waals surface area (Å²) < 4.78 is 16.8. The van der Waals surface area contributed by atoms with Crippen LogP contribution < -0.4 is 0 Å². The first-order valence-electron chi connectivity index (χ1n) is 0.309. The molecule has 0 aromatic heterocycles. The molecule has 0 saturated heterocycles. The standard InChI is InChI=1S/Hg.Mn.2O. The van der Waals surface area contributed by atoms with Crippen LogP contribution in [0.3, 0.4) is 0 Å². The third kappa shape index (κ3) is 11.6. The van der Waals surface area contributed by atoms with Crippen molar-refractivity contribution in [2.75, 3.05) is 0 Å². The normalized spacial score (nSPS) is 3.00. The summed E-state index contributed by atoms with van der Waals surface area (Å²) in [4.78, 5) is 0. The van der Waals surface area contributed by atoms with Crippen molar-refractivity contribution in [3.05, 3.63) is 0 Å². The number of hydrogen-bond donors (Lipinski definition) is 0. The van der Waals surface area contributed by atoms with E-state index in [4.69, 9.17) is 7.67 Å². The summed E-state index contributed by atoms with van der Waals surface area (Å²) in [6.45, 7) is 0. The maximum absolute atomic E-state index is 8.41. The van der Waals surface area contributed by atoms with Gasteiger partial charge in [-0.2, -0.15) is 0 Å². The molecule has 0 aromatic rings. The Morgan fingerprint density at radius 1 is 1.25 bits per heavy atom. The van der Waals surface area contributed by atoms with E-state index in [1.54, 1.807) is 0 Å². The molecule has 0 unspecified atom stereocenters. The SMILES string of the molecule is [Hg].[O]=[Mn]=[O]. The van der Waals surface area contributed by atoms with E-state index in [1.165, 1.54) is 0 Å². The molecular formula is HgMnO2. The third-order valence-electron chi connectivity index (χ3n) is 0.